The Morgan fingerprint density at radius 2 is 2.28 bits per heavy atom. The van der Waals surface area contributed by atoms with E-state index < -0.39 is 0 Å². The van der Waals surface area contributed by atoms with Crippen molar-refractivity contribution in [1.82, 2.24) is 10.3 Å². The monoisotopic (exact) mass is 249 g/mol. The number of methoxy groups -OCH3 is 1. The van der Waals surface area contributed by atoms with Gasteiger partial charge in [0.15, 0.2) is 0 Å². The van der Waals surface area contributed by atoms with Crippen molar-refractivity contribution in [1.29, 1.82) is 0 Å². The normalized spacial score (nSPS) is 17.0. The summed E-state index contributed by atoms with van der Waals surface area (Å²) in [6.45, 7) is 2.36. The van der Waals surface area contributed by atoms with E-state index in [1.165, 1.54) is 0 Å². The van der Waals surface area contributed by atoms with Crippen LogP contribution in [0.4, 0.5) is 5.82 Å². The first-order valence-electron chi connectivity index (χ1n) is 6.12. The second-order valence-electron chi connectivity index (χ2n) is 4.85. The average Bonchev–Trinajstić information content (AvgIpc) is 2.26. The number of hydrogen-bond donors (Lipinski definition) is 2. The number of carbonyl (C=O) groups is 1. The molecule has 1 aromatic heterocycles. The van der Waals surface area contributed by atoms with Gasteiger partial charge in [0.1, 0.15) is 5.82 Å². The standard InChI is InChI=1S/C13H19N3O2/c1-9-6-10(7-11(14)16-9)12(17)15-8-13(18-2)4-3-5-13/h6-7H,3-5,8H2,1-2H3,(H2,14,16)(H,15,17). The molecule has 0 radical (unpaired) electrons. The van der Waals surface area contributed by atoms with Crippen LogP contribution in [0.3, 0.4) is 0 Å². The van der Waals surface area contributed by atoms with E-state index in [2.05, 4.69) is 10.3 Å². The highest BCUT2D eigenvalue weighted by molar-refractivity contribution is 5.94. The first-order valence-corrected chi connectivity index (χ1v) is 6.12. The third kappa shape index (κ3) is 2.61. The van der Waals surface area contributed by atoms with Crippen molar-refractivity contribution >= 4 is 11.7 Å². The maximum Gasteiger partial charge on any atom is 0.251 e. The fraction of sp³-hybridized carbons (Fsp3) is 0.538. The third-order valence-corrected chi connectivity index (χ3v) is 3.50. The van der Waals surface area contributed by atoms with Crippen LogP contribution in [-0.2, 0) is 4.74 Å². The van der Waals surface area contributed by atoms with Crippen LogP contribution in [0.2, 0.25) is 0 Å². The van der Waals surface area contributed by atoms with Gasteiger partial charge in [-0.1, -0.05) is 0 Å². The number of nitrogens with zero attached hydrogens (tertiary/aromatic N) is 1. The SMILES string of the molecule is COC1(CNC(=O)c2cc(C)nc(N)c2)CCC1. The molecule has 1 aliphatic carbocycles. The van der Waals surface area contributed by atoms with Crippen LogP contribution >= 0.6 is 0 Å². The molecule has 1 heterocycles. The van der Waals surface area contributed by atoms with Crippen molar-refractivity contribution in [2.24, 2.45) is 0 Å². The van der Waals surface area contributed by atoms with Crippen molar-refractivity contribution in [2.75, 3.05) is 19.4 Å². The average molecular weight is 249 g/mol. The number of carbonyl (C=O) groups excluding carboxylic acids is 1. The Hall–Kier alpha value is -1.62. The Kier molecular flexibility index (Phi) is 3.52. The third-order valence-electron chi connectivity index (χ3n) is 3.50. The second-order valence-corrected chi connectivity index (χ2v) is 4.85. The fourth-order valence-electron chi connectivity index (χ4n) is 2.19. The molecule has 1 fully saturated rings. The molecule has 0 aromatic carbocycles. The molecule has 5 nitrogen and oxygen atoms in total. The van der Waals surface area contributed by atoms with Crippen LogP contribution in [0.1, 0.15) is 35.3 Å². The molecule has 98 valence electrons. The first kappa shape index (κ1) is 12.8. The van der Waals surface area contributed by atoms with Crippen molar-refractivity contribution < 1.29 is 9.53 Å². The number of aromatic nitrogens is 1. The number of nitrogens with two attached hydrogens (primary N) is 1. The largest absolute Gasteiger partial charge is 0.384 e. The molecule has 0 unspecified atom stereocenters. The lowest BCUT2D eigenvalue weighted by Gasteiger charge is -2.40. The molecule has 0 bridgehead atoms. The molecule has 1 aromatic rings. The maximum absolute atomic E-state index is 12.0. The van der Waals surface area contributed by atoms with Crippen molar-refractivity contribution in [2.45, 2.75) is 31.8 Å². The number of nitrogen functional groups attached to an aromatic ring is 1. The zero-order chi connectivity index (χ0) is 13.2. The minimum absolute atomic E-state index is 0.129. The summed E-state index contributed by atoms with van der Waals surface area (Å²) >= 11 is 0. The molecule has 3 N–H and O–H groups in total. The molecule has 1 amide bonds. The van der Waals surface area contributed by atoms with E-state index in [4.69, 9.17) is 10.5 Å². The Morgan fingerprint density at radius 1 is 1.56 bits per heavy atom. The molecule has 0 aliphatic heterocycles. The van der Waals surface area contributed by atoms with Crippen LogP contribution < -0.4 is 11.1 Å². The minimum Gasteiger partial charge on any atom is -0.384 e. The molecule has 2 rings (SSSR count). The van der Waals surface area contributed by atoms with E-state index in [9.17, 15) is 4.79 Å². The number of pyridine rings is 1. The van der Waals surface area contributed by atoms with Crippen molar-refractivity contribution in [3.8, 4) is 0 Å². The van der Waals surface area contributed by atoms with Gasteiger partial charge in [-0.3, -0.25) is 4.79 Å². The van der Waals surface area contributed by atoms with E-state index in [-0.39, 0.29) is 11.5 Å². The fourth-order valence-corrected chi connectivity index (χ4v) is 2.19. The summed E-state index contributed by atoms with van der Waals surface area (Å²) in [7, 11) is 1.69. The van der Waals surface area contributed by atoms with E-state index in [0.717, 1.165) is 25.0 Å². The van der Waals surface area contributed by atoms with E-state index in [1.807, 2.05) is 6.92 Å². The van der Waals surface area contributed by atoms with Crippen LogP contribution in [0.5, 0.6) is 0 Å². The summed E-state index contributed by atoms with van der Waals surface area (Å²) in [5.41, 5.74) is 6.75. The number of anilines is 1. The van der Waals surface area contributed by atoms with Gasteiger partial charge in [0.2, 0.25) is 0 Å². The number of rotatable bonds is 4. The van der Waals surface area contributed by atoms with Crippen LogP contribution in [0, 0.1) is 6.92 Å². The molecule has 5 heteroatoms. The summed E-state index contributed by atoms with van der Waals surface area (Å²) < 4.78 is 5.46. The highest BCUT2D eigenvalue weighted by atomic mass is 16.5. The predicted molar refractivity (Wildman–Crippen MR) is 69.3 cm³/mol. The van der Waals surface area contributed by atoms with E-state index in [0.29, 0.717) is 17.9 Å². The van der Waals surface area contributed by atoms with Gasteiger partial charge in [0, 0.05) is 24.9 Å². The van der Waals surface area contributed by atoms with Crippen LogP contribution in [-0.4, -0.2) is 30.1 Å². The Bertz CT molecular complexity index is 430. The van der Waals surface area contributed by atoms with Crippen LogP contribution in [0.15, 0.2) is 12.1 Å². The van der Waals surface area contributed by atoms with Gasteiger partial charge in [-0.05, 0) is 38.3 Å². The Balaban J connectivity index is 1.99. The molecular weight excluding hydrogens is 230 g/mol. The smallest absolute Gasteiger partial charge is 0.251 e. The molecule has 0 saturated heterocycles. The van der Waals surface area contributed by atoms with Gasteiger partial charge < -0.3 is 15.8 Å². The maximum atomic E-state index is 12.0. The van der Waals surface area contributed by atoms with Crippen molar-refractivity contribution in [3.63, 3.8) is 0 Å². The van der Waals surface area contributed by atoms with Gasteiger partial charge in [0.25, 0.3) is 5.91 Å². The highest BCUT2D eigenvalue weighted by Gasteiger charge is 2.37. The number of aryl methyl sites for hydroxylation is 1. The number of hydrogen-bond acceptors (Lipinski definition) is 4. The topological polar surface area (TPSA) is 77.2 Å². The molecule has 0 atom stereocenters. The quantitative estimate of drug-likeness (QED) is 0.842. The summed E-state index contributed by atoms with van der Waals surface area (Å²) in [4.78, 5) is 16.0. The lowest BCUT2D eigenvalue weighted by Crippen LogP contribution is -2.49. The lowest BCUT2D eigenvalue weighted by atomic mass is 9.80. The van der Waals surface area contributed by atoms with Gasteiger partial charge in [0.05, 0.1) is 5.60 Å². The first-order chi connectivity index (χ1) is 8.54. The number of amides is 1. The van der Waals surface area contributed by atoms with E-state index >= 15 is 0 Å². The summed E-state index contributed by atoms with van der Waals surface area (Å²) in [5.74, 6) is 0.237. The predicted octanol–water partition coefficient (Wildman–Crippen LogP) is 1.27. The lowest BCUT2D eigenvalue weighted by molar-refractivity contribution is -0.0679. The second kappa shape index (κ2) is 4.94. The van der Waals surface area contributed by atoms with Crippen LogP contribution in [0.25, 0.3) is 0 Å². The zero-order valence-electron chi connectivity index (χ0n) is 10.8. The zero-order valence-corrected chi connectivity index (χ0v) is 10.8. The molecule has 18 heavy (non-hydrogen) atoms. The summed E-state index contributed by atoms with van der Waals surface area (Å²) in [6, 6.07) is 3.31. The number of nitrogens with one attached hydrogen (secondary N) is 1. The van der Waals surface area contributed by atoms with Gasteiger partial charge in [-0.25, -0.2) is 4.98 Å². The Morgan fingerprint density at radius 3 is 2.78 bits per heavy atom. The van der Waals surface area contributed by atoms with Crippen molar-refractivity contribution in [3.05, 3.63) is 23.4 Å². The van der Waals surface area contributed by atoms with E-state index in [1.54, 1.807) is 19.2 Å². The van der Waals surface area contributed by atoms with Gasteiger partial charge in [-0.15, -0.1) is 0 Å². The number of ether oxygens (including phenoxy) is 1. The Labute approximate surface area is 107 Å². The van der Waals surface area contributed by atoms with Gasteiger partial charge >= 0.3 is 0 Å². The molecule has 0 spiro atoms. The summed E-state index contributed by atoms with van der Waals surface area (Å²) in [5, 5.41) is 2.90. The van der Waals surface area contributed by atoms with Gasteiger partial charge in [-0.2, -0.15) is 0 Å². The molecule has 1 saturated carbocycles. The summed E-state index contributed by atoms with van der Waals surface area (Å²) in [6.07, 6.45) is 3.16. The molecule has 1 aliphatic rings. The minimum atomic E-state index is -0.163. The molecular formula is C13H19N3O2. The highest BCUT2D eigenvalue weighted by Crippen LogP contribution is 2.34.